The topological polar surface area (TPSA) is 41.1 Å². The normalized spacial score (nSPS) is 25.9. The van der Waals surface area contributed by atoms with E-state index < -0.39 is 0 Å². The van der Waals surface area contributed by atoms with E-state index >= 15 is 0 Å². The molecule has 4 heteroatoms. The molecule has 0 bridgehead atoms. The molecule has 0 aromatic rings. The van der Waals surface area contributed by atoms with Crippen LogP contribution in [0, 0.1) is 11.8 Å². The first kappa shape index (κ1) is 14.2. The summed E-state index contributed by atoms with van der Waals surface area (Å²) in [5, 5.41) is 6.53. The largest absolute Gasteiger partial charge is 0.356 e. The van der Waals surface area contributed by atoms with Gasteiger partial charge >= 0.3 is 0 Å². The highest BCUT2D eigenvalue weighted by Crippen LogP contribution is 2.25. The maximum Gasteiger partial charge on any atom is 0.220 e. The predicted molar refractivity (Wildman–Crippen MR) is 77.9 cm³/mol. The van der Waals surface area contributed by atoms with Gasteiger partial charge in [-0.25, -0.2) is 0 Å². The number of hydrogen-bond acceptors (Lipinski definition) is 3. The van der Waals surface area contributed by atoms with Crippen LogP contribution >= 0.6 is 11.8 Å². The van der Waals surface area contributed by atoms with Crippen LogP contribution in [-0.2, 0) is 4.79 Å². The summed E-state index contributed by atoms with van der Waals surface area (Å²) >= 11 is 2.02. The van der Waals surface area contributed by atoms with Gasteiger partial charge < -0.3 is 10.6 Å². The number of thioether (sulfide) groups is 1. The van der Waals surface area contributed by atoms with Gasteiger partial charge in [0.05, 0.1) is 0 Å². The van der Waals surface area contributed by atoms with Gasteiger partial charge in [0.1, 0.15) is 0 Å². The van der Waals surface area contributed by atoms with Crippen molar-refractivity contribution in [1.29, 1.82) is 0 Å². The molecule has 2 fully saturated rings. The van der Waals surface area contributed by atoms with Gasteiger partial charge in [0.2, 0.25) is 5.91 Å². The Balaban J connectivity index is 1.53. The molecule has 0 spiro atoms. The van der Waals surface area contributed by atoms with Crippen LogP contribution in [0.1, 0.15) is 38.5 Å². The highest BCUT2D eigenvalue weighted by atomic mass is 32.2. The number of carbonyl (C=O) groups is 1. The van der Waals surface area contributed by atoms with E-state index in [9.17, 15) is 4.79 Å². The monoisotopic (exact) mass is 270 g/mol. The van der Waals surface area contributed by atoms with E-state index in [1.807, 2.05) is 11.8 Å². The average molecular weight is 270 g/mol. The van der Waals surface area contributed by atoms with Gasteiger partial charge in [0.15, 0.2) is 0 Å². The van der Waals surface area contributed by atoms with Gasteiger partial charge in [-0.1, -0.05) is 0 Å². The van der Waals surface area contributed by atoms with Crippen LogP contribution < -0.4 is 10.6 Å². The Hall–Kier alpha value is -0.220. The Morgan fingerprint density at radius 3 is 2.78 bits per heavy atom. The van der Waals surface area contributed by atoms with Gasteiger partial charge in [-0.15, -0.1) is 0 Å². The maximum atomic E-state index is 11.8. The highest BCUT2D eigenvalue weighted by Gasteiger charge is 2.17. The van der Waals surface area contributed by atoms with Gasteiger partial charge in [0, 0.05) is 13.0 Å². The Labute approximate surface area is 115 Å². The third-order valence-electron chi connectivity index (χ3n) is 4.09. The fraction of sp³-hybridized carbons (Fsp3) is 0.929. The fourth-order valence-electron chi connectivity index (χ4n) is 2.87. The van der Waals surface area contributed by atoms with E-state index in [0.717, 1.165) is 31.8 Å². The van der Waals surface area contributed by atoms with Crippen molar-refractivity contribution in [2.24, 2.45) is 11.8 Å². The summed E-state index contributed by atoms with van der Waals surface area (Å²) in [5.74, 6) is 4.17. The molecule has 2 aliphatic heterocycles. The summed E-state index contributed by atoms with van der Waals surface area (Å²) in [6, 6.07) is 0. The second-order valence-electron chi connectivity index (χ2n) is 5.61. The van der Waals surface area contributed by atoms with Crippen molar-refractivity contribution >= 4 is 17.7 Å². The molecule has 3 nitrogen and oxygen atoms in total. The Morgan fingerprint density at radius 2 is 2.06 bits per heavy atom. The second kappa shape index (κ2) is 8.05. The lowest BCUT2D eigenvalue weighted by Gasteiger charge is -2.23. The van der Waals surface area contributed by atoms with Gasteiger partial charge in [-0.05, 0) is 68.5 Å². The summed E-state index contributed by atoms with van der Waals surface area (Å²) < 4.78 is 0. The lowest BCUT2D eigenvalue weighted by Crippen LogP contribution is -2.33. The van der Waals surface area contributed by atoms with E-state index in [4.69, 9.17) is 0 Å². The van der Waals surface area contributed by atoms with E-state index in [0.29, 0.717) is 5.92 Å². The first-order valence-corrected chi connectivity index (χ1v) is 8.55. The zero-order chi connectivity index (χ0) is 12.6. The summed E-state index contributed by atoms with van der Waals surface area (Å²) in [5.41, 5.74) is 0. The Bertz CT molecular complexity index is 248. The van der Waals surface area contributed by atoms with Gasteiger partial charge in [-0.3, -0.25) is 4.79 Å². The lowest BCUT2D eigenvalue weighted by molar-refractivity contribution is -0.122. The van der Waals surface area contributed by atoms with Crippen LogP contribution in [-0.4, -0.2) is 37.0 Å². The molecule has 104 valence electrons. The number of hydrogen-bond donors (Lipinski definition) is 2. The van der Waals surface area contributed by atoms with Crippen molar-refractivity contribution < 1.29 is 4.79 Å². The van der Waals surface area contributed by atoms with Crippen molar-refractivity contribution in [3.8, 4) is 0 Å². The Morgan fingerprint density at radius 1 is 1.22 bits per heavy atom. The summed E-state index contributed by atoms with van der Waals surface area (Å²) in [4.78, 5) is 11.8. The fourth-order valence-corrected chi connectivity index (χ4v) is 4.08. The molecule has 2 rings (SSSR count). The molecular formula is C14H26N2OS. The molecule has 0 aromatic heterocycles. The lowest BCUT2D eigenvalue weighted by atomic mass is 9.96. The van der Waals surface area contributed by atoms with Crippen molar-refractivity contribution in [1.82, 2.24) is 10.6 Å². The van der Waals surface area contributed by atoms with E-state index in [1.165, 1.54) is 43.7 Å². The van der Waals surface area contributed by atoms with Crippen molar-refractivity contribution in [2.45, 2.75) is 38.5 Å². The van der Waals surface area contributed by atoms with E-state index in [1.54, 1.807) is 0 Å². The first-order valence-electron chi connectivity index (χ1n) is 7.40. The molecule has 2 saturated heterocycles. The number of amides is 1. The maximum absolute atomic E-state index is 11.8. The minimum atomic E-state index is 0.274. The SMILES string of the molecule is O=C(CC1CCSCC1)NCCC1CCCNC1. The third-order valence-corrected chi connectivity index (χ3v) is 5.14. The number of piperidine rings is 1. The summed E-state index contributed by atoms with van der Waals surface area (Å²) in [7, 11) is 0. The number of rotatable bonds is 5. The minimum Gasteiger partial charge on any atom is -0.356 e. The molecule has 2 aliphatic rings. The smallest absolute Gasteiger partial charge is 0.220 e. The van der Waals surface area contributed by atoms with Crippen LogP contribution in [0.2, 0.25) is 0 Å². The molecule has 0 saturated carbocycles. The predicted octanol–water partition coefficient (Wildman–Crippen LogP) is 2.03. The van der Waals surface area contributed by atoms with E-state index in [2.05, 4.69) is 10.6 Å². The molecule has 1 atom stereocenters. The zero-order valence-electron chi connectivity index (χ0n) is 11.2. The standard InChI is InChI=1S/C14H26N2OS/c17-14(10-12-4-8-18-9-5-12)16-7-3-13-2-1-6-15-11-13/h12-13,15H,1-11H2,(H,16,17). The molecule has 0 aliphatic carbocycles. The zero-order valence-corrected chi connectivity index (χ0v) is 12.1. The molecule has 0 radical (unpaired) electrons. The minimum absolute atomic E-state index is 0.274. The van der Waals surface area contributed by atoms with Crippen molar-refractivity contribution in [3.63, 3.8) is 0 Å². The van der Waals surface area contributed by atoms with Crippen LogP contribution in [0.3, 0.4) is 0 Å². The molecule has 2 N–H and O–H groups in total. The van der Waals surface area contributed by atoms with E-state index in [-0.39, 0.29) is 5.91 Å². The molecular weight excluding hydrogens is 244 g/mol. The van der Waals surface area contributed by atoms with Crippen molar-refractivity contribution in [3.05, 3.63) is 0 Å². The van der Waals surface area contributed by atoms with Crippen LogP contribution in [0.5, 0.6) is 0 Å². The third kappa shape index (κ3) is 5.19. The average Bonchev–Trinajstić information content (AvgIpc) is 2.41. The quantitative estimate of drug-likeness (QED) is 0.803. The summed E-state index contributed by atoms with van der Waals surface area (Å²) in [6.45, 7) is 3.17. The molecule has 2 heterocycles. The van der Waals surface area contributed by atoms with Crippen LogP contribution in [0.15, 0.2) is 0 Å². The Kier molecular flexibility index (Phi) is 6.35. The first-order chi connectivity index (χ1) is 8.84. The van der Waals surface area contributed by atoms with Crippen molar-refractivity contribution in [2.75, 3.05) is 31.1 Å². The van der Waals surface area contributed by atoms with Crippen LogP contribution in [0.4, 0.5) is 0 Å². The van der Waals surface area contributed by atoms with Gasteiger partial charge in [-0.2, -0.15) is 11.8 Å². The second-order valence-corrected chi connectivity index (χ2v) is 6.84. The van der Waals surface area contributed by atoms with Crippen LogP contribution in [0.25, 0.3) is 0 Å². The summed E-state index contributed by atoms with van der Waals surface area (Å²) in [6.07, 6.45) is 6.96. The molecule has 1 amide bonds. The highest BCUT2D eigenvalue weighted by molar-refractivity contribution is 7.99. The molecule has 0 aromatic carbocycles. The molecule has 1 unspecified atom stereocenters. The molecule has 18 heavy (non-hydrogen) atoms. The number of carbonyl (C=O) groups excluding carboxylic acids is 1. The van der Waals surface area contributed by atoms with Gasteiger partial charge in [0.25, 0.3) is 0 Å². The number of nitrogens with one attached hydrogen (secondary N) is 2.